The molecule has 0 aliphatic carbocycles. The standard InChI is InChI=1S/C32H23NO3/c34-31(33-23-14-5-2-6-15-23)26-19-21-11-7-8-16-24(21)29-27-20-32(36-30(26)29,22-12-3-1-4-13-22)35-28-18-10-9-17-25(27)28/h1-19,27H,20H2,(H,33,34)/t27-,32-/m0/s1. The van der Waals surface area contributed by atoms with Crippen LogP contribution in [0.3, 0.4) is 0 Å². The molecule has 1 N–H and O–H groups in total. The largest absolute Gasteiger partial charge is 0.448 e. The summed E-state index contributed by atoms with van der Waals surface area (Å²) in [6.45, 7) is 0. The quantitative estimate of drug-likeness (QED) is 0.303. The molecule has 0 fully saturated rings. The van der Waals surface area contributed by atoms with E-state index in [1.807, 2.05) is 97.1 Å². The minimum Gasteiger partial charge on any atom is -0.448 e. The first-order valence-corrected chi connectivity index (χ1v) is 12.2. The summed E-state index contributed by atoms with van der Waals surface area (Å²) in [7, 11) is 0. The Labute approximate surface area is 209 Å². The summed E-state index contributed by atoms with van der Waals surface area (Å²) in [6.07, 6.45) is 0.620. The van der Waals surface area contributed by atoms with Gasteiger partial charge in [-0.05, 0) is 35.0 Å². The molecule has 7 rings (SSSR count). The van der Waals surface area contributed by atoms with E-state index in [1.54, 1.807) is 0 Å². The van der Waals surface area contributed by atoms with E-state index >= 15 is 0 Å². The number of carbonyl (C=O) groups excluding carboxylic acids is 1. The Morgan fingerprint density at radius 3 is 2.31 bits per heavy atom. The van der Waals surface area contributed by atoms with Gasteiger partial charge in [0.1, 0.15) is 11.5 Å². The minimum absolute atomic E-state index is 0.00767. The Hall–Kier alpha value is -4.57. The summed E-state index contributed by atoms with van der Waals surface area (Å²) in [5.41, 5.74) is 4.31. The van der Waals surface area contributed by atoms with Crippen LogP contribution in [0, 0.1) is 0 Å². The van der Waals surface area contributed by atoms with Crippen molar-refractivity contribution in [3.8, 4) is 11.5 Å². The van der Waals surface area contributed by atoms with Gasteiger partial charge in [0.25, 0.3) is 11.7 Å². The molecule has 174 valence electrons. The van der Waals surface area contributed by atoms with Crippen LogP contribution in [0.15, 0.2) is 115 Å². The molecule has 4 heteroatoms. The van der Waals surface area contributed by atoms with Crippen LogP contribution in [-0.2, 0) is 5.79 Å². The maximum absolute atomic E-state index is 13.7. The number of amides is 1. The number of hydrogen-bond donors (Lipinski definition) is 1. The molecule has 2 atom stereocenters. The van der Waals surface area contributed by atoms with Crippen molar-refractivity contribution in [3.05, 3.63) is 138 Å². The highest BCUT2D eigenvalue weighted by Crippen LogP contribution is 2.57. The van der Waals surface area contributed by atoms with Gasteiger partial charge in [-0.2, -0.15) is 0 Å². The first-order chi connectivity index (χ1) is 17.7. The normalized spacial score (nSPS) is 19.4. The third kappa shape index (κ3) is 3.18. The molecule has 4 nitrogen and oxygen atoms in total. The van der Waals surface area contributed by atoms with Crippen molar-refractivity contribution < 1.29 is 14.3 Å². The Morgan fingerprint density at radius 2 is 1.47 bits per heavy atom. The van der Waals surface area contributed by atoms with Crippen molar-refractivity contribution >= 4 is 22.4 Å². The average Bonchev–Trinajstić information content (AvgIpc) is 2.93. The van der Waals surface area contributed by atoms with Crippen LogP contribution in [0.2, 0.25) is 0 Å². The van der Waals surface area contributed by atoms with Crippen LogP contribution in [0.1, 0.15) is 39.4 Å². The Kier molecular flexibility index (Phi) is 4.61. The van der Waals surface area contributed by atoms with Crippen molar-refractivity contribution in [3.63, 3.8) is 0 Å². The van der Waals surface area contributed by atoms with Crippen LogP contribution in [0.5, 0.6) is 11.5 Å². The second-order valence-corrected chi connectivity index (χ2v) is 9.33. The number of hydrogen-bond acceptors (Lipinski definition) is 3. The van der Waals surface area contributed by atoms with E-state index in [9.17, 15) is 4.79 Å². The van der Waals surface area contributed by atoms with Gasteiger partial charge in [0.2, 0.25) is 0 Å². The molecular weight excluding hydrogens is 446 g/mol. The van der Waals surface area contributed by atoms with Crippen LogP contribution >= 0.6 is 0 Å². The molecule has 0 saturated carbocycles. The number of ether oxygens (including phenoxy) is 2. The van der Waals surface area contributed by atoms with Crippen molar-refractivity contribution in [1.82, 2.24) is 0 Å². The highest BCUT2D eigenvalue weighted by molar-refractivity contribution is 6.10. The topological polar surface area (TPSA) is 47.6 Å². The van der Waals surface area contributed by atoms with E-state index in [4.69, 9.17) is 9.47 Å². The van der Waals surface area contributed by atoms with Crippen molar-refractivity contribution in [1.29, 1.82) is 0 Å². The van der Waals surface area contributed by atoms with Gasteiger partial charge in [0, 0.05) is 34.7 Å². The molecule has 2 aliphatic rings. The molecule has 0 spiro atoms. The number of anilines is 1. The van der Waals surface area contributed by atoms with Gasteiger partial charge >= 0.3 is 0 Å². The van der Waals surface area contributed by atoms with Gasteiger partial charge in [0.15, 0.2) is 0 Å². The van der Waals surface area contributed by atoms with Gasteiger partial charge < -0.3 is 14.8 Å². The second kappa shape index (κ2) is 7.99. The third-order valence-corrected chi connectivity index (χ3v) is 7.19. The van der Waals surface area contributed by atoms with Gasteiger partial charge in [-0.25, -0.2) is 0 Å². The number of carbonyl (C=O) groups is 1. The van der Waals surface area contributed by atoms with Crippen molar-refractivity contribution in [2.75, 3.05) is 5.32 Å². The average molecular weight is 470 g/mol. The zero-order valence-corrected chi connectivity index (χ0v) is 19.5. The zero-order chi connectivity index (χ0) is 24.1. The van der Waals surface area contributed by atoms with E-state index in [0.29, 0.717) is 17.7 Å². The molecule has 0 aromatic heterocycles. The lowest BCUT2D eigenvalue weighted by atomic mass is 9.76. The number of para-hydroxylation sites is 2. The molecule has 5 aromatic rings. The lowest BCUT2D eigenvalue weighted by Crippen LogP contribution is -2.47. The van der Waals surface area contributed by atoms with Gasteiger partial charge in [-0.3, -0.25) is 4.79 Å². The summed E-state index contributed by atoms with van der Waals surface area (Å²) >= 11 is 0. The molecule has 2 bridgehead atoms. The molecule has 5 aromatic carbocycles. The fourth-order valence-corrected chi connectivity index (χ4v) is 5.57. The third-order valence-electron chi connectivity index (χ3n) is 7.19. The fraction of sp³-hybridized carbons (Fsp3) is 0.0938. The summed E-state index contributed by atoms with van der Waals surface area (Å²) in [6, 6.07) is 37.8. The lowest BCUT2D eigenvalue weighted by molar-refractivity contribution is -0.148. The van der Waals surface area contributed by atoms with Gasteiger partial charge in [-0.1, -0.05) is 91.0 Å². The maximum atomic E-state index is 13.7. The first-order valence-electron chi connectivity index (χ1n) is 12.2. The molecule has 0 radical (unpaired) electrons. The SMILES string of the molecule is O=C(Nc1ccccc1)c1cc2ccccc2c2c1O[C@]1(c3ccccc3)C[C@H]2c2ccccc2O1. The van der Waals surface area contributed by atoms with E-state index in [0.717, 1.165) is 38.9 Å². The van der Waals surface area contributed by atoms with E-state index in [1.165, 1.54) is 0 Å². The molecule has 1 amide bonds. The van der Waals surface area contributed by atoms with Crippen LogP contribution in [0.4, 0.5) is 5.69 Å². The summed E-state index contributed by atoms with van der Waals surface area (Å²) < 4.78 is 13.5. The number of benzene rings is 5. The smallest absolute Gasteiger partial charge is 0.278 e. The minimum atomic E-state index is -1.03. The molecule has 36 heavy (non-hydrogen) atoms. The first kappa shape index (κ1) is 20.8. The van der Waals surface area contributed by atoms with Crippen molar-refractivity contribution in [2.24, 2.45) is 0 Å². The monoisotopic (exact) mass is 469 g/mol. The Balaban J connectivity index is 1.49. The van der Waals surface area contributed by atoms with Crippen LogP contribution in [-0.4, -0.2) is 5.91 Å². The zero-order valence-electron chi connectivity index (χ0n) is 19.5. The number of rotatable bonds is 3. The van der Waals surface area contributed by atoms with Crippen LogP contribution in [0.25, 0.3) is 10.8 Å². The van der Waals surface area contributed by atoms with Crippen LogP contribution < -0.4 is 14.8 Å². The molecule has 2 heterocycles. The highest BCUT2D eigenvalue weighted by atomic mass is 16.7. The van der Waals surface area contributed by atoms with E-state index < -0.39 is 5.79 Å². The number of nitrogens with one attached hydrogen (secondary N) is 1. The lowest BCUT2D eigenvalue weighted by Gasteiger charge is -2.47. The van der Waals surface area contributed by atoms with E-state index in [-0.39, 0.29) is 11.8 Å². The molecular formula is C32H23NO3. The summed E-state index contributed by atoms with van der Waals surface area (Å²) in [5, 5.41) is 5.15. The van der Waals surface area contributed by atoms with Gasteiger partial charge in [0.05, 0.1) is 5.56 Å². The second-order valence-electron chi connectivity index (χ2n) is 9.33. The predicted molar refractivity (Wildman–Crippen MR) is 141 cm³/mol. The predicted octanol–water partition coefficient (Wildman–Crippen LogP) is 7.25. The Morgan fingerprint density at radius 1 is 0.778 bits per heavy atom. The Bertz CT molecular complexity index is 1610. The van der Waals surface area contributed by atoms with E-state index in [2.05, 4.69) is 23.5 Å². The molecule has 2 aliphatic heterocycles. The summed E-state index contributed by atoms with van der Waals surface area (Å²) in [4.78, 5) is 13.7. The maximum Gasteiger partial charge on any atom is 0.278 e. The number of fused-ring (bicyclic) bond motifs is 8. The fourth-order valence-electron chi connectivity index (χ4n) is 5.57. The van der Waals surface area contributed by atoms with Crippen molar-refractivity contribution in [2.45, 2.75) is 18.1 Å². The summed E-state index contributed by atoms with van der Waals surface area (Å²) in [5.74, 6) is 0.161. The van der Waals surface area contributed by atoms with Gasteiger partial charge in [-0.15, -0.1) is 0 Å². The molecule has 0 unspecified atom stereocenters. The molecule has 0 saturated heterocycles. The highest BCUT2D eigenvalue weighted by Gasteiger charge is 2.51.